The summed E-state index contributed by atoms with van der Waals surface area (Å²) in [6, 6.07) is 11.5. The third kappa shape index (κ3) is 5.06. The van der Waals surface area contributed by atoms with Crippen LogP contribution in [0.3, 0.4) is 0 Å². The molecule has 1 atom stereocenters. The average Bonchev–Trinajstić information content (AvgIpc) is 2.95. The normalized spacial score (nSPS) is 16.6. The molecule has 1 aromatic heterocycles. The molecule has 0 aliphatic carbocycles. The molecule has 0 unspecified atom stereocenters. The highest BCUT2D eigenvalue weighted by molar-refractivity contribution is 8.15. The average molecular weight is 372 g/mol. The molecule has 1 aromatic carbocycles. The van der Waals surface area contributed by atoms with Crippen LogP contribution in [0.15, 0.2) is 42.6 Å². The molecule has 0 saturated carbocycles. The van der Waals surface area contributed by atoms with Crippen LogP contribution in [0.25, 0.3) is 0 Å². The number of thioether (sulfide) groups is 1. The van der Waals surface area contributed by atoms with Gasteiger partial charge in [0.05, 0.1) is 11.9 Å². The number of carbonyl (C=O) groups excluding carboxylic acids is 2. The zero-order valence-electron chi connectivity index (χ0n) is 14.2. The van der Waals surface area contributed by atoms with Gasteiger partial charge >= 0.3 is 0 Å². The van der Waals surface area contributed by atoms with Crippen LogP contribution in [0.1, 0.15) is 16.8 Å². The Morgan fingerprint density at radius 2 is 1.85 bits per heavy atom. The number of amides is 2. The Balaban J connectivity index is 1.45. The van der Waals surface area contributed by atoms with Gasteiger partial charge < -0.3 is 9.84 Å². The van der Waals surface area contributed by atoms with Gasteiger partial charge in [0.15, 0.2) is 0 Å². The van der Waals surface area contributed by atoms with E-state index in [1.165, 1.54) is 0 Å². The van der Waals surface area contributed by atoms with Crippen molar-refractivity contribution in [2.75, 3.05) is 13.2 Å². The van der Waals surface area contributed by atoms with Crippen molar-refractivity contribution in [2.45, 2.75) is 24.5 Å². The number of ether oxygens (including phenoxy) is 1. The van der Waals surface area contributed by atoms with Crippen molar-refractivity contribution in [3.63, 3.8) is 0 Å². The second kappa shape index (κ2) is 8.82. The number of rotatable bonds is 8. The lowest BCUT2D eigenvalue weighted by molar-refractivity contribution is -0.118. The quantitative estimate of drug-likeness (QED) is 0.738. The van der Waals surface area contributed by atoms with Crippen molar-refractivity contribution in [3.05, 3.63) is 59.4 Å². The molecule has 6 nitrogen and oxygen atoms in total. The summed E-state index contributed by atoms with van der Waals surface area (Å²) in [5.41, 5.74) is 2.95. The zero-order valence-corrected chi connectivity index (χ0v) is 15.0. The third-order valence-corrected chi connectivity index (χ3v) is 5.01. The number of nitrogens with zero attached hydrogens (tertiary/aromatic N) is 1. The van der Waals surface area contributed by atoms with E-state index in [0.717, 1.165) is 34.3 Å². The lowest BCUT2D eigenvalue weighted by atomic mass is 10.1. The maximum atomic E-state index is 11.6. The van der Waals surface area contributed by atoms with Crippen molar-refractivity contribution in [2.24, 2.45) is 0 Å². The molecule has 0 radical (unpaired) electrons. The van der Waals surface area contributed by atoms with Crippen LogP contribution in [-0.4, -0.2) is 39.7 Å². The van der Waals surface area contributed by atoms with Gasteiger partial charge in [-0.15, -0.1) is 0 Å². The van der Waals surface area contributed by atoms with Gasteiger partial charge in [0, 0.05) is 24.9 Å². The van der Waals surface area contributed by atoms with Crippen LogP contribution in [0, 0.1) is 0 Å². The van der Waals surface area contributed by atoms with E-state index in [1.54, 1.807) is 6.20 Å². The summed E-state index contributed by atoms with van der Waals surface area (Å²) >= 11 is 1.04. The van der Waals surface area contributed by atoms with E-state index >= 15 is 0 Å². The first-order valence-corrected chi connectivity index (χ1v) is 9.30. The first kappa shape index (κ1) is 18.4. The molecule has 0 spiro atoms. The summed E-state index contributed by atoms with van der Waals surface area (Å²) in [4.78, 5) is 27.1. The van der Waals surface area contributed by atoms with Crippen LogP contribution < -0.4 is 10.1 Å². The molecule has 1 fully saturated rings. The molecule has 2 heterocycles. The molecule has 2 amide bonds. The highest BCUT2D eigenvalue weighted by Crippen LogP contribution is 2.23. The third-order valence-electron chi connectivity index (χ3n) is 4.02. The van der Waals surface area contributed by atoms with Gasteiger partial charge in [-0.2, -0.15) is 0 Å². The van der Waals surface area contributed by atoms with Gasteiger partial charge in [-0.3, -0.25) is 19.9 Å². The Labute approximate surface area is 156 Å². The molecule has 1 saturated heterocycles. The number of carbonyl (C=O) groups is 2. The summed E-state index contributed by atoms with van der Waals surface area (Å²) in [6.45, 7) is 0.641. The van der Waals surface area contributed by atoms with Crippen LogP contribution >= 0.6 is 11.8 Å². The Hall–Kier alpha value is -2.38. The minimum Gasteiger partial charge on any atom is -0.493 e. The lowest BCUT2D eigenvalue weighted by Gasteiger charge is -2.09. The van der Waals surface area contributed by atoms with E-state index in [1.807, 2.05) is 36.4 Å². The Kier molecular flexibility index (Phi) is 6.25. The van der Waals surface area contributed by atoms with E-state index in [2.05, 4.69) is 10.3 Å². The molecular weight excluding hydrogens is 352 g/mol. The first-order chi connectivity index (χ1) is 12.6. The van der Waals surface area contributed by atoms with Crippen LogP contribution in [-0.2, 0) is 24.1 Å². The molecule has 1 aliphatic rings. The highest BCUT2D eigenvalue weighted by Gasteiger charge is 2.31. The lowest BCUT2D eigenvalue weighted by Crippen LogP contribution is -2.25. The zero-order chi connectivity index (χ0) is 18.4. The maximum absolute atomic E-state index is 11.6. The predicted molar refractivity (Wildman–Crippen MR) is 99.3 cm³/mol. The van der Waals surface area contributed by atoms with Gasteiger partial charge in [0.25, 0.3) is 5.24 Å². The molecule has 136 valence electrons. The summed E-state index contributed by atoms with van der Waals surface area (Å²) in [7, 11) is 0. The number of nitrogens with one attached hydrogen (secondary N) is 1. The van der Waals surface area contributed by atoms with Crippen molar-refractivity contribution < 1.29 is 19.4 Å². The van der Waals surface area contributed by atoms with Crippen LogP contribution in [0.4, 0.5) is 4.79 Å². The number of hydrogen-bond donors (Lipinski definition) is 2. The minimum absolute atomic E-state index is 0.126. The van der Waals surface area contributed by atoms with E-state index in [-0.39, 0.29) is 23.0 Å². The van der Waals surface area contributed by atoms with Gasteiger partial charge in [0.1, 0.15) is 5.75 Å². The molecule has 2 N–H and O–H groups in total. The second-order valence-electron chi connectivity index (χ2n) is 5.96. The van der Waals surface area contributed by atoms with Crippen LogP contribution in [0.5, 0.6) is 5.75 Å². The fourth-order valence-corrected chi connectivity index (χ4v) is 3.48. The van der Waals surface area contributed by atoms with Crippen molar-refractivity contribution in [1.29, 1.82) is 0 Å². The Bertz CT molecular complexity index is 762. The number of aliphatic hydroxyl groups is 1. The number of hydrogen-bond acceptors (Lipinski definition) is 6. The van der Waals surface area contributed by atoms with E-state index in [9.17, 15) is 9.59 Å². The van der Waals surface area contributed by atoms with Crippen LogP contribution in [0.2, 0.25) is 0 Å². The standard InChI is InChI=1S/C19H20N2O4S/c22-9-7-14-1-4-15(20-12-14)8-10-25-16-5-2-13(3-6-16)11-17-18(23)21-19(24)26-17/h1-6,12,17,22H,7-11H2,(H,21,23,24)/t17-/m1/s1. The number of benzene rings is 1. The number of pyridine rings is 1. The molecule has 0 bridgehead atoms. The predicted octanol–water partition coefficient (Wildman–Crippen LogP) is 2.13. The van der Waals surface area contributed by atoms with E-state index in [4.69, 9.17) is 9.84 Å². The van der Waals surface area contributed by atoms with Gasteiger partial charge in [-0.1, -0.05) is 30.0 Å². The number of aliphatic hydroxyl groups excluding tert-OH is 1. The Morgan fingerprint density at radius 3 is 2.46 bits per heavy atom. The first-order valence-electron chi connectivity index (χ1n) is 8.42. The molecule has 26 heavy (non-hydrogen) atoms. The SMILES string of the molecule is O=C1NC(=O)[C@@H](Cc2ccc(OCCc3ccc(CCO)cn3)cc2)S1. The molecule has 3 rings (SSSR count). The van der Waals surface area contributed by atoms with E-state index < -0.39 is 0 Å². The summed E-state index contributed by atoms with van der Waals surface area (Å²) < 4.78 is 5.73. The molecular formula is C19H20N2O4S. The fourth-order valence-electron chi connectivity index (χ4n) is 2.62. The Morgan fingerprint density at radius 1 is 1.08 bits per heavy atom. The molecule has 7 heteroatoms. The number of aromatic nitrogens is 1. The van der Waals surface area contributed by atoms with Gasteiger partial charge in [-0.25, -0.2) is 0 Å². The van der Waals surface area contributed by atoms with Crippen molar-refractivity contribution >= 4 is 22.9 Å². The number of imide groups is 1. The van der Waals surface area contributed by atoms with Crippen molar-refractivity contribution in [1.82, 2.24) is 10.3 Å². The fraction of sp³-hybridized carbons (Fsp3) is 0.316. The minimum atomic E-state index is -0.353. The largest absolute Gasteiger partial charge is 0.493 e. The molecule has 2 aromatic rings. The summed E-state index contributed by atoms with van der Waals surface area (Å²) in [5.74, 6) is 0.531. The van der Waals surface area contributed by atoms with Gasteiger partial charge in [-0.05, 0) is 42.2 Å². The molecule has 1 aliphatic heterocycles. The topological polar surface area (TPSA) is 88.5 Å². The highest BCUT2D eigenvalue weighted by atomic mass is 32.2. The maximum Gasteiger partial charge on any atom is 0.286 e. The smallest absolute Gasteiger partial charge is 0.286 e. The van der Waals surface area contributed by atoms with Crippen molar-refractivity contribution in [3.8, 4) is 5.75 Å². The monoisotopic (exact) mass is 372 g/mol. The second-order valence-corrected chi connectivity index (χ2v) is 7.14. The van der Waals surface area contributed by atoms with Gasteiger partial charge in [0.2, 0.25) is 5.91 Å². The summed E-state index contributed by atoms with van der Waals surface area (Å²) in [6.07, 6.45) is 3.61. The summed E-state index contributed by atoms with van der Waals surface area (Å²) in [5, 5.41) is 10.6. The van der Waals surface area contributed by atoms with E-state index in [0.29, 0.717) is 25.9 Å².